The van der Waals surface area contributed by atoms with Crippen LogP contribution in [0.3, 0.4) is 0 Å². The number of alkyl halides is 4. The summed E-state index contributed by atoms with van der Waals surface area (Å²) in [6.45, 7) is 1.26. The number of fused-ring (bicyclic) bond motifs is 3. The van der Waals surface area contributed by atoms with E-state index >= 15 is 0 Å². The van der Waals surface area contributed by atoms with Crippen LogP contribution < -0.4 is 24.8 Å². The van der Waals surface area contributed by atoms with Gasteiger partial charge in [-0.05, 0) is 62.8 Å². The molecule has 7 rings (SSSR count). The predicted molar refractivity (Wildman–Crippen MR) is 210 cm³/mol. The molecule has 334 valence electrons. The zero-order valence-electron chi connectivity index (χ0n) is 34.1. The highest BCUT2D eigenvalue weighted by Gasteiger charge is 2.64. The topological polar surface area (TPSA) is 192 Å². The number of rotatable bonds is 9. The number of sulfonamides is 1. The molecule has 2 saturated carbocycles. The van der Waals surface area contributed by atoms with Crippen molar-refractivity contribution < 1.29 is 64.1 Å². The number of alkyl carbamates (subject to hydrolysis) is 1. The Balaban J connectivity index is 1.23. The number of amides is 4. The predicted octanol–water partition coefficient (Wildman–Crippen LogP) is 4.63. The van der Waals surface area contributed by atoms with Crippen LogP contribution in [0.15, 0.2) is 42.6 Å². The molecule has 15 nitrogen and oxygen atoms in total. The van der Waals surface area contributed by atoms with Crippen molar-refractivity contribution in [3.63, 3.8) is 0 Å². The first kappa shape index (κ1) is 44.3. The number of pyridine rings is 1. The highest BCUT2D eigenvalue weighted by molar-refractivity contribution is 7.91. The summed E-state index contributed by atoms with van der Waals surface area (Å²) in [5, 5.41) is 6.37. The molecule has 8 atom stereocenters. The van der Waals surface area contributed by atoms with Gasteiger partial charge in [0.25, 0.3) is 5.91 Å². The lowest BCUT2D eigenvalue weighted by atomic mass is 9.88. The van der Waals surface area contributed by atoms with Crippen molar-refractivity contribution in [2.24, 2.45) is 17.8 Å². The third-order valence-corrected chi connectivity index (χ3v) is 14.9. The molecule has 2 aliphatic carbocycles. The van der Waals surface area contributed by atoms with Crippen LogP contribution in [0.25, 0.3) is 10.8 Å². The van der Waals surface area contributed by atoms with Crippen molar-refractivity contribution in [1.82, 2.24) is 25.2 Å². The van der Waals surface area contributed by atoms with Crippen molar-refractivity contribution in [2.45, 2.75) is 112 Å². The molecule has 1 aromatic heterocycles. The Morgan fingerprint density at radius 1 is 1.10 bits per heavy atom. The first-order valence-electron chi connectivity index (χ1n) is 20.5. The molecule has 0 spiro atoms. The van der Waals surface area contributed by atoms with Crippen LogP contribution in [-0.4, -0.2) is 116 Å². The zero-order valence-corrected chi connectivity index (χ0v) is 34.9. The fraction of sp³-hybridized carbons (Fsp3) is 0.634. The van der Waals surface area contributed by atoms with Crippen LogP contribution in [0, 0.1) is 17.8 Å². The Labute approximate surface area is 350 Å². The molecular weight excluding hydrogens is 831 g/mol. The number of hydrogen-bond donors (Lipinski definition) is 3. The first-order chi connectivity index (χ1) is 28.9. The lowest BCUT2D eigenvalue weighted by Gasteiger charge is -2.38. The third-order valence-electron chi connectivity index (χ3n) is 12.8. The van der Waals surface area contributed by atoms with E-state index in [9.17, 15) is 45.2 Å². The van der Waals surface area contributed by atoms with Gasteiger partial charge in [0.15, 0.2) is 0 Å². The minimum Gasteiger partial charge on any atom is -0.494 e. The van der Waals surface area contributed by atoms with Crippen LogP contribution in [-0.2, 0) is 33.9 Å². The lowest BCUT2D eigenvalue weighted by Crippen LogP contribution is -2.60. The van der Waals surface area contributed by atoms with E-state index in [4.69, 9.17) is 18.9 Å². The van der Waals surface area contributed by atoms with E-state index in [1.807, 2.05) is 17.7 Å². The van der Waals surface area contributed by atoms with E-state index in [0.717, 1.165) is 4.90 Å². The number of carbonyl (C=O) groups is 4. The molecule has 0 bridgehead atoms. The van der Waals surface area contributed by atoms with Crippen molar-refractivity contribution in [2.75, 3.05) is 33.5 Å². The van der Waals surface area contributed by atoms with Gasteiger partial charge in [0.1, 0.15) is 40.9 Å². The quantitative estimate of drug-likeness (QED) is 0.235. The van der Waals surface area contributed by atoms with E-state index in [-0.39, 0.29) is 57.1 Å². The molecule has 1 aromatic carbocycles. The van der Waals surface area contributed by atoms with E-state index in [2.05, 4.69) is 15.6 Å². The molecular formula is C41H51F4N5O10S. The summed E-state index contributed by atoms with van der Waals surface area (Å²) < 4.78 is 106. The highest BCUT2D eigenvalue weighted by Crippen LogP contribution is 2.48. The average Bonchev–Trinajstić information content (AvgIpc) is 4.13. The number of carbonyl (C=O) groups excluding carboxylic acids is 4. The Kier molecular flexibility index (Phi) is 12.3. The maximum absolute atomic E-state index is 14.9. The minimum absolute atomic E-state index is 0.00878. The van der Waals surface area contributed by atoms with E-state index in [0.29, 0.717) is 35.8 Å². The molecule has 4 amide bonds. The summed E-state index contributed by atoms with van der Waals surface area (Å²) >= 11 is 0. The van der Waals surface area contributed by atoms with Gasteiger partial charge in [-0.1, -0.05) is 44.2 Å². The Hall–Kier alpha value is -4.72. The number of benzene rings is 1. The molecule has 0 radical (unpaired) electrons. The standard InChI is InChI=1S/C41H51F4N5O10S/c1-24-9-4-5-10-26-19-40(26,36(53)49-61(55,56)38(22-42)14-15-38)48-33(51)30-18-27(59-34-29-12-7-6-11-28(29)31(57-3)20-46-34)21-50(30)35(52)32(25(2)17-24)47-37(54)60-39(41(43,44)45)13-8-16-58-23-39/h5-7,10-12,20,24-27,30,32H,4,8-9,13-19,21-23H2,1-3H3,(H,47,54)(H,48,51)(H,49,53)/b10-5-/t24-,25+,26+,27+,30-,32-,39?,40+/m0/s1. The number of aromatic nitrogens is 1. The molecule has 2 aromatic rings. The molecule has 2 saturated heterocycles. The van der Waals surface area contributed by atoms with Gasteiger partial charge in [0.05, 0.1) is 26.5 Å². The SMILES string of the molecule is COc1cnc(O[C@@H]2C[C@H]3C(=O)N[C@]4(C(=O)NS(=O)(=O)C5(CF)CC5)C[C@H]4/C=C\CC[C@H](C)C[C@@H](C)[C@H](NC(=O)OC4(C(F)(F)F)CCCOC4)C(=O)N3C2)c2ccccc12. The van der Waals surface area contributed by atoms with Gasteiger partial charge in [-0.25, -0.2) is 22.6 Å². The number of ether oxygens (including phenoxy) is 4. The zero-order chi connectivity index (χ0) is 44.0. The molecule has 3 N–H and O–H groups in total. The second kappa shape index (κ2) is 16.9. The fourth-order valence-corrected chi connectivity index (χ4v) is 10.2. The second-order valence-electron chi connectivity index (χ2n) is 17.2. The molecule has 3 aliphatic heterocycles. The van der Waals surface area contributed by atoms with Crippen LogP contribution in [0.1, 0.15) is 71.6 Å². The average molecular weight is 882 g/mol. The van der Waals surface area contributed by atoms with Crippen LogP contribution in [0.4, 0.5) is 22.4 Å². The number of methoxy groups -OCH3 is 1. The molecule has 4 heterocycles. The first-order valence-corrected chi connectivity index (χ1v) is 22.0. The van der Waals surface area contributed by atoms with Gasteiger partial charge in [-0.3, -0.25) is 19.1 Å². The second-order valence-corrected chi connectivity index (χ2v) is 19.2. The van der Waals surface area contributed by atoms with Crippen molar-refractivity contribution in [3.8, 4) is 11.6 Å². The van der Waals surface area contributed by atoms with Crippen LogP contribution in [0.5, 0.6) is 11.6 Å². The number of hydrogen-bond acceptors (Lipinski definition) is 11. The summed E-state index contributed by atoms with van der Waals surface area (Å²) in [7, 11) is -2.99. The van der Waals surface area contributed by atoms with Crippen molar-refractivity contribution in [3.05, 3.63) is 42.6 Å². The van der Waals surface area contributed by atoms with E-state index in [1.54, 1.807) is 37.3 Å². The van der Waals surface area contributed by atoms with Crippen LogP contribution >= 0.6 is 0 Å². The van der Waals surface area contributed by atoms with Crippen LogP contribution in [0.2, 0.25) is 0 Å². The molecule has 4 fully saturated rings. The Morgan fingerprint density at radius 3 is 2.49 bits per heavy atom. The van der Waals surface area contributed by atoms with Gasteiger partial charge < -0.3 is 34.5 Å². The summed E-state index contributed by atoms with van der Waals surface area (Å²) in [5.41, 5.74) is -4.72. The summed E-state index contributed by atoms with van der Waals surface area (Å²) in [6.07, 6.45) is -1.71. The molecule has 20 heteroatoms. The number of nitrogens with zero attached hydrogens (tertiary/aromatic N) is 2. The van der Waals surface area contributed by atoms with Gasteiger partial charge in [-0.15, -0.1) is 0 Å². The van der Waals surface area contributed by atoms with Gasteiger partial charge in [0, 0.05) is 36.1 Å². The summed E-state index contributed by atoms with van der Waals surface area (Å²) in [4.78, 5) is 62.5. The van der Waals surface area contributed by atoms with E-state index in [1.165, 1.54) is 13.3 Å². The van der Waals surface area contributed by atoms with Gasteiger partial charge in [-0.2, -0.15) is 13.2 Å². The largest absolute Gasteiger partial charge is 0.494 e. The van der Waals surface area contributed by atoms with Gasteiger partial charge >= 0.3 is 12.3 Å². The Bertz CT molecular complexity index is 2160. The number of halogens is 4. The van der Waals surface area contributed by atoms with Crippen molar-refractivity contribution >= 4 is 44.6 Å². The smallest absolute Gasteiger partial charge is 0.430 e. The normalized spacial score (nSPS) is 32.2. The fourth-order valence-electron chi connectivity index (χ4n) is 8.77. The monoisotopic (exact) mass is 881 g/mol. The summed E-state index contributed by atoms with van der Waals surface area (Å²) in [5.74, 6) is -3.53. The maximum atomic E-state index is 14.9. The van der Waals surface area contributed by atoms with E-state index < -0.39 is 106 Å². The third kappa shape index (κ3) is 8.70. The molecule has 5 aliphatic rings. The highest BCUT2D eigenvalue weighted by atomic mass is 32.2. The molecule has 1 unspecified atom stereocenters. The number of nitrogens with one attached hydrogen (secondary N) is 3. The summed E-state index contributed by atoms with van der Waals surface area (Å²) in [6, 6.07) is 4.21. The minimum atomic E-state index is -4.99. The maximum Gasteiger partial charge on any atom is 0.430 e. The number of allylic oxidation sites excluding steroid dienone is 1. The van der Waals surface area contributed by atoms with Gasteiger partial charge in [0.2, 0.25) is 33.3 Å². The Morgan fingerprint density at radius 2 is 1.84 bits per heavy atom. The molecule has 61 heavy (non-hydrogen) atoms. The van der Waals surface area contributed by atoms with Crippen molar-refractivity contribution in [1.29, 1.82) is 0 Å². The lowest BCUT2D eigenvalue weighted by molar-refractivity contribution is -0.285.